The van der Waals surface area contributed by atoms with Crippen molar-refractivity contribution < 1.29 is 9.53 Å². The number of esters is 1. The quantitative estimate of drug-likeness (QED) is 0.638. The largest absolute Gasteiger partial charge is 0.463 e. The molecule has 0 amide bonds. The van der Waals surface area contributed by atoms with Crippen LogP contribution in [-0.4, -0.2) is 35.1 Å². The van der Waals surface area contributed by atoms with E-state index in [-0.39, 0.29) is 17.0 Å². The van der Waals surface area contributed by atoms with Crippen molar-refractivity contribution in [2.45, 2.75) is 13.0 Å². The van der Waals surface area contributed by atoms with E-state index in [1.807, 2.05) is 37.1 Å². The van der Waals surface area contributed by atoms with Gasteiger partial charge >= 0.3 is 5.97 Å². The minimum Gasteiger partial charge on any atom is -0.463 e. The third-order valence-corrected chi connectivity index (χ3v) is 3.30. The molecule has 0 saturated carbocycles. The standard InChI is InChI=1S/C14H15ClN4O2/c1-9(10-6-4-5-7-16-10)19(2)12-8-11(15)17-13(18-12)14(20)21-3/h4-9H,1-3H3/t9-/m0/s1. The van der Waals surface area contributed by atoms with E-state index in [0.717, 1.165) is 5.69 Å². The summed E-state index contributed by atoms with van der Waals surface area (Å²) in [6.45, 7) is 1.98. The third-order valence-electron chi connectivity index (χ3n) is 3.11. The fourth-order valence-electron chi connectivity index (χ4n) is 1.79. The van der Waals surface area contributed by atoms with Gasteiger partial charge in [0.15, 0.2) is 0 Å². The molecule has 2 aromatic rings. The number of carbonyl (C=O) groups excluding carboxylic acids is 1. The SMILES string of the molecule is COC(=O)c1nc(Cl)cc(N(C)[C@@H](C)c2ccccn2)n1. The van der Waals surface area contributed by atoms with Crippen molar-refractivity contribution in [2.24, 2.45) is 0 Å². The number of pyridine rings is 1. The van der Waals surface area contributed by atoms with E-state index in [9.17, 15) is 4.79 Å². The first kappa shape index (κ1) is 15.2. The highest BCUT2D eigenvalue weighted by atomic mass is 35.5. The van der Waals surface area contributed by atoms with Crippen LogP contribution < -0.4 is 4.90 Å². The number of carbonyl (C=O) groups is 1. The zero-order chi connectivity index (χ0) is 15.4. The molecule has 7 heteroatoms. The average Bonchev–Trinajstić information content (AvgIpc) is 2.52. The predicted octanol–water partition coefficient (Wildman–Crippen LogP) is 2.51. The van der Waals surface area contributed by atoms with Gasteiger partial charge in [0.25, 0.3) is 0 Å². The normalized spacial score (nSPS) is 11.8. The Labute approximate surface area is 127 Å². The Hall–Kier alpha value is -2.21. The summed E-state index contributed by atoms with van der Waals surface area (Å²) < 4.78 is 4.62. The van der Waals surface area contributed by atoms with Gasteiger partial charge < -0.3 is 9.64 Å². The van der Waals surface area contributed by atoms with E-state index >= 15 is 0 Å². The van der Waals surface area contributed by atoms with Gasteiger partial charge in [0, 0.05) is 19.3 Å². The van der Waals surface area contributed by atoms with Crippen molar-refractivity contribution >= 4 is 23.4 Å². The zero-order valence-corrected chi connectivity index (χ0v) is 12.7. The van der Waals surface area contributed by atoms with Gasteiger partial charge in [-0.15, -0.1) is 0 Å². The van der Waals surface area contributed by atoms with Crippen LogP contribution >= 0.6 is 11.6 Å². The van der Waals surface area contributed by atoms with Crippen LogP contribution in [0.25, 0.3) is 0 Å². The number of hydrogen-bond acceptors (Lipinski definition) is 6. The molecule has 2 aromatic heterocycles. The molecule has 2 rings (SSSR count). The smallest absolute Gasteiger partial charge is 0.376 e. The number of methoxy groups -OCH3 is 1. The van der Waals surface area contributed by atoms with E-state index in [1.54, 1.807) is 12.3 Å². The molecule has 110 valence electrons. The number of anilines is 1. The molecule has 1 atom stereocenters. The lowest BCUT2D eigenvalue weighted by Gasteiger charge is -2.25. The summed E-state index contributed by atoms with van der Waals surface area (Å²) in [5.41, 5.74) is 0.884. The van der Waals surface area contributed by atoms with Gasteiger partial charge in [0.2, 0.25) is 5.82 Å². The summed E-state index contributed by atoms with van der Waals surface area (Å²) in [6, 6.07) is 7.24. The predicted molar refractivity (Wildman–Crippen MR) is 79.4 cm³/mol. The van der Waals surface area contributed by atoms with E-state index in [4.69, 9.17) is 11.6 Å². The second-order valence-corrected chi connectivity index (χ2v) is 4.79. The lowest BCUT2D eigenvalue weighted by Crippen LogP contribution is -2.24. The second-order valence-electron chi connectivity index (χ2n) is 4.41. The first-order valence-electron chi connectivity index (χ1n) is 6.29. The van der Waals surface area contributed by atoms with Gasteiger partial charge in [-0.05, 0) is 19.1 Å². The highest BCUT2D eigenvalue weighted by molar-refractivity contribution is 6.29. The van der Waals surface area contributed by atoms with Crippen LogP contribution in [0, 0.1) is 0 Å². The molecule has 0 bridgehead atoms. The van der Waals surface area contributed by atoms with Gasteiger partial charge in [0.1, 0.15) is 11.0 Å². The van der Waals surface area contributed by atoms with Crippen molar-refractivity contribution in [1.82, 2.24) is 15.0 Å². The summed E-state index contributed by atoms with van der Waals surface area (Å²) in [4.78, 5) is 25.8. The van der Waals surface area contributed by atoms with Crippen molar-refractivity contribution in [3.63, 3.8) is 0 Å². The Kier molecular flexibility index (Phi) is 4.70. The highest BCUT2D eigenvalue weighted by Crippen LogP contribution is 2.24. The fraction of sp³-hybridized carbons (Fsp3) is 0.286. The van der Waals surface area contributed by atoms with Gasteiger partial charge in [0.05, 0.1) is 18.8 Å². The molecule has 0 saturated heterocycles. The molecule has 0 fully saturated rings. The molecular weight excluding hydrogens is 292 g/mol. The Morgan fingerprint density at radius 2 is 2.14 bits per heavy atom. The highest BCUT2D eigenvalue weighted by Gasteiger charge is 2.18. The van der Waals surface area contributed by atoms with Gasteiger partial charge in [-0.2, -0.15) is 0 Å². The Balaban J connectivity index is 2.32. The van der Waals surface area contributed by atoms with E-state index < -0.39 is 5.97 Å². The molecule has 0 spiro atoms. The van der Waals surface area contributed by atoms with Gasteiger partial charge in [-0.1, -0.05) is 17.7 Å². The zero-order valence-electron chi connectivity index (χ0n) is 11.9. The molecule has 0 aliphatic rings. The molecular formula is C14H15ClN4O2. The maximum absolute atomic E-state index is 11.5. The van der Waals surface area contributed by atoms with Crippen LogP contribution in [0.1, 0.15) is 29.3 Å². The van der Waals surface area contributed by atoms with Crippen LogP contribution in [0.2, 0.25) is 5.15 Å². The molecule has 2 heterocycles. The molecule has 21 heavy (non-hydrogen) atoms. The number of aromatic nitrogens is 3. The summed E-state index contributed by atoms with van der Waals surface area (Å²) in [5, 5.41) is 0.181. The molecule has 0 aliphatic carbocycles. The topological polar surface area (TPSA) is 68.2 Å². The number of rotatable bonds is 4. The van der Waals surface area contributed by atoms with Crippen LogP contribution in [0.5, 0.6) is 0 Å². The van der Waals surface area contributed by atoms with Gasteiger partial charge in [-0.3, -0.25) is 4.98 Å². The van der Waals surface area contributed by atoms with E-state index in [1.165, 1.54) is 7.11 Å². The Morgan fingerprint density at radius 3 is 2.76 bits per heavy atom. The third kappa shape index (κ3) is 3.46. The Morgan fingerprint density at radius 1 is 1.38 bits per heavy atom. The van der Waals surface area contributed by atoms with Crippen molar-refractivity contribution in [3.05, 3.63) is 47.1 Å². The van der Waals surface area contributed by atoms with Crippen LogP contribution in [0.3, 0.4) is 0 Å². The number of hydrogen-bond donors (Lipinski definition) is 0. The van der Waals surface area contributed by atoms with Crippen molar-refractivity contribution in [2.75, 3.05) is 19.1 Å². The summed E-state index contributed by atoms with van der Waals surface area (Å²) in [5.74, 6) is -0.175. The van der Waals surface area contributed by atoms with Crippen molar-refractivity contribution in [3.8, 4) is 0 Å². The second kappa shape index (κ2) is 6.49. The van der Waals surface area contributed by atoms with Crippen molar-refractivity contribution in [1.29, 1.82) is 0 Å². The number of nitrogens with zero attached hydrogens (tertiary/aromatic N) is 4. The minimum atomic E-state index is -0.627. The average molecular weight is 307 g/mol. The minimum absolute atomic E-state index is 0.0392. The number of ether oxygens (including phenoxy) is 1. The molecule has 0 aromatic carbocycles. The maximum Gasteiger partial charge on any atom is 0.376 e. The monoisotopic (exact) mass is 306 g/mol. The molecule has 0 N–H and O–H groups in total. The molecule has 0 aliphatic heterocycles. The number of halogens is 1. The molecule has 0 radical (unpaired) electrons. The van der Waals surface area contributed by atoms with E-state index in [2.05, 4.69) is 19.7 Å². The first-order valence-corrected chi connectivity index (χ1v) is 6.67. The molecule has 0 unspecified atom stereocenters. The maximum atomic E-state index is 11.5. The van der Waals surface area contributed by atoms with Crippen LogP contribution in [0.15, 0.2) is 30.5 Å². The van der Waals surface area contributed by atoms with E-state index in [0.29, 0.717) is 5.82 Å². The first-order chi connectivity index (χ1) is 10.0. The summed E-state index contributed by atoms with van der Waals surface area (Å²) in [6.07, 6.45) is 1.73. The summed E-state index contributed by atoms with van der Waals surface area (Å²) in [7, 11) is 3.12. The lowest BCUT2D eigenvalue weighted by atomic mass is 10.2. The lowest BCUT2D eigenvalue weighted by molar-refractivity contribution is 0.0587. The summed E-state index contributed by atoms with van der Waals surface area (Å²) >= 11 is 5.94. The van der Waals surface area contributed by atoms with Crippen LogP contribution in [-0.2, 0) is 4.74 Å². The Bertz CT molecular complexity index is 636. The van der Waals surface area contributed by atoms with Gasteiger partial charge in [-0.25, -0.2) is 14.8 Å². The fourth-order valence-corrected chi connectivity index (χ4v) is 1.97. The van der Waals surface area contributed by atoms with Crippen LogP contribution in [0.4, 0.5) is 5.82 Å². The molecule has 6 nitrogen and oxygen atoms in total.